The Morgan fingerprint density at radius 2 is 1.86 bits per heavy atom. The monoisotopic (exact) mass is 405 g/mol. The third-order valence-electron chi connectivity index (χ3n) is 5.08. The van der Waals surface area contributed by atoms with Crippen molar-refractivity contribution in [3.05, 3.63) is 29.3 Å². The number of ether oxygens (including phenoxy) is 1. The van der Waals surface area contributed by atoms with Crippen molar-refractivity contribution in [1.82, 2.24) is 9.80 Å². The SMILES string of the molecule is CC(=O)N1CCC(N(CCCOC(C)C)C(=S)Nc2cc(C)cc(C)c2)CC1. The molecule has 1 amide bonds. The molecule has 0 aromatic heterocycles. The number of anilines is 1. The summed E-state index contributed by atoms with van der Waals surface area (Å²) in [5.74, 6) is 0.159. The topological polar surface area (TPSA) is 44.8 Å². The Labute approximate surface area is 175 Å². The van der Waals surface area contributed by atoms with Crippen molar-refractivity contribution < 1.29 is 9.53 Å². The predicted octanol–water partition coefficient (Wildman–Crippen LogP) is 4.13. The minimum absolute atomic E-state index is 0.159. The zero-order valence-electron chi connectivity index (χ0n) is 18.0. The smallest absolute Gasteiger partial charge is 0.219 e. The number of nitrogens with one attached hydrogen (secondary N) is 1. The third-order valence-corrected chi connectivity index (χ3v) is 5.42. The maximum Gasteiger partial charge on any atom is 0.219 e. The van der Waals surface area contributed by atoms with E-state index in [0.717, 1.165) is 56.3 Å². The molecule has 0 aliphatic carbocycles. The van der Waals surface area contributed by atoms with Gasteiger partial charge in [0.2, 0.25) is 5.91 Å². The lowest BCUT2D eigenvalue weighted by molar-refractivity contribution is -0.130. The highest BCUT2D eigenvalue weighted by atomic mass is 32.1. The number of likely N-dealkylation sites (tertiary alicyclic amines) is 1. The van der Waals surface area contributed by atoms with Crippen molar-refractivity contribution in [2.45, 2.75) is 66.0 Å². The number of benzene rings is 1. The largest absolute Gasteiger partial charge is 0.379 e. The number of piperidine rings is 1. The first-order valence-corrected chi connectivity index (χ1v) is 10.7. The molecule has 1 aliphatic heterocycles. The van der Waals surface area contributed by atoms with Gasteiger partial charge in [-0.2, -0.15) is 0 Å². The minimum Gasteiger partial charge on any atom is -0.379 e. The van der Waals surface area contributed by atoms with E-state index in [0.29, 0.717) is 6.04 Å². The first-order chi connectivity index (χ1) is 13.3. The highest BCUT2D eigenvalue weighted by Gasteiger charge is 2.27. The van der Waals surface area contributed by atoms with Gasteiger partial charge in [-0.3, -0.25) is 4.79 Å². The molecule has 156 valence electrons. The number of carbonyl (C=O) groups excluding carboxylic acids is 1. The van der Waals surface area contributed by atoms with Gasteiger partial charge in [-0.25, -0.2) is 0 Å². The van der Waals surface area contributed by atoms with Crippen LogP contribution in [0.1, 0.15) is 51.2 Å². The highest BCUT2D eigenvalue weighted by molar-refractivity contribution is 7.80. The molecular formula is C22H35N3O2S. The summed E-state index contributed by atoms with van der Waals surface area (Å²) in [7, 11) is 0. The summed E-state index contributed by atoms with van der Waals surface area (Å²) >= 11 is 5.80. The molecule has 28 heavy (non-hydrogen) atoms. The van der Waals surface area contributed by atoms with Crippen LogP contribution in [0, 0.1) is 13.8 Å². The molecule has 1 aromatic rings. The van der Waals surface area contributed by atoms with Crippen molar-refractivity contribution >= 4 is 28.9 Å². The Balaban J connectivity index is 2.03. The molecular weight excluding hydrogens is 370 g/mol. The standard InChI is InChI=1S/C22H35N3O2S/c1-16(2)27-12-6-9-25(21-7-10-24(11-8-21)19(5)26)22(28)23-20-14-17(3)13-18(4)15-20/h13-16,21H,6-12H2,1-5H3,(H,23,28). The van der Waals surface area contributed by atoms with E-state index in [1.807, 2.05) is 4.90 Å². The Morgan fingerprint density at radius 3 is 2.39 bits per heavy atom. The summed E-state index contributed by atoms with van der Waals surface area (Å²) in [5, 5.41) is 4.20. The van der Waals surface area contributed by atoms with E-state index in [4.69, 9.17) is 17.0 Å². The average molecular weight is 406 g/mol. The number of amides is 1. The van der Waals surface area contributed by atoms with Crippen LogP contribution in [0.4, 0.5) is 5.69 Å². The average Bonchev–Trinajstić information content (AvgIpc) is 2.60. The normalized spacial score (nSPS) is 15.0. The van der Waals surface area contributed by atoms with Crippen LogP contribution < -0.4 is 5.32 Å². The fourth-order valence-electron chi connectivity index (χ4n) is 3.74. The van der Waals surface area contributed by atoms with Gasteiger partial charge in [-0.05, 0) is 82.4 Å². The molecule has 0 radical (unpaired) electrons. The Hall–Kier alpha value is -1.66. The van der Waals surface area contributed by atoms with Crippen molar-refractivity contribution in [3.8, 4) is 0 Å². The second-order valence-electron chi connectivity index (χ2n) is 8.01. The van der Waals surface area contributed by atoms with Crippen LogP contribution in [0.25, 0.3) is 0 Å². The van der Waals surface area contributed by atoms with Gasteiger partial charge in [0.25, 0.3) is 0 Å². The van der Waals surface area contributed by atoms with E-state index in [1.54, 1.807) is 6.92 Å². The van der Waals surface area contributed by atoms with Gasteiger partial charge in [-0.1, -0.05) is 6.07 Å². The van der Waals surface area contributed by atoms with E-state index in [1.165, 1.54) is 11.1 Å². The van der Waals surface area contributed by atoms with Crippen molar-refractivity contribution in [3.63, 3.8) is 0 Å². The van der Waals surface area contributed by atoms with Gasteiger partial charge < -0.3 is 19.9 Å². The quantitative estimate of drug-likeness (QED) is 0.546. The van der Waals surface area contributed by atoms with Gasteiger partial charge in [0, 0.05) is 44.9 Å². The summed E-state index contributed by atoms with van der Waals surface area (Å²) in [6.45, 7) is 13.1. The molecule has 1 saturated heterocycles. The number of hydrogen-bond donors (Lipinski definition) is 1. The lowest BCUT2D eigenvalue weighted by atomic mass is 10.0. The van der Waals surface area contributed by atoms with Crippen LogP contribution in [-0.4, -0.2) is 59.2 Å². The van der Waals surface area contributed by atoms with Crippen LogP contribution in [0.2, 0.25) is 0 Å². The molecule has 6 heteroatoms. The van der Waals surface area contributed by atoms with Gasteiger partial charge in [-0.15, -0.1) is 0 Å². The molecule has 1 aliphatic rings. The van der Waals surface area contributed by atoms with Crippen molar-refractivity contribution in [1.29, 1.82) is 0 Å². The first kappa shape index (κ1) is 22.6. The van der Waals surface area contributed by atoms with E-state index < -0.39 is 0 Å². The predicted molar refractivity (Wildman–Crippen MR) is 120 cm³/mol. The molecule has 5 nitrogen and oxygen atoms in total. The van der Waals surface area contributed by atoms with E-state index in [9.17, 15) is 4.79 Å². The van der Waals surface area contributed by atoms with Gasteiger partial charge in [0.05, 0.1) is 6.10 Å². The molecule has 1 fully saturated rings. The molecule has 0 spiro atoms. The van der Waals surface area contributed by atoms with Gasteiger partial charge >= 0.3 is 0 Å². The van der Waals surface area contributed by atoms with E-state index in [-0.39, 0.29) is 12.0 Å². The number of hydrogen-bond acceptors (Lipinski definition) is 3. The van der Waals surface area contributed by atoms with Gasteiger partial charge in [0.15, 0.2) is 5.11 Å². The van der Waals surface area contributed by atoms with Crippen LogP contribution in [0.3, 0.4) is 0 Å². The summed E-state index contributed by atoms with van der Waals surface area (Å²) in [6, 6.07) is 6.75. The van der Waals surface area contributed by atoms with E-state index in [2.05, 4.69) is 56.1 Å². The summed E-state index contributed by atoms with van der Waals surface area (Å²) in [4.78, 5) is 15.9. The fraction of sp³-hybridized carbons (Fsp3) is 0.636. The van der Waals surface area contributed by atoms with Crippen LogP contribution in [0.5, 0.6) is 0 Å². The molecule has 0 atom stereocenters. The number of rotatable bonds is 7. The zero-order chi connectivity index (χ0) is 20.7. The van der Waals surface area contributed by atoms with Crippen molar-refractivity contribution in [2.24, 2.45) is 0 Å². The summed E-state index contributed by atoms with van der Waals surface area (Å²) in [5.41, 5.74) is 3.47. The maximum absolute atomic E-state index is 11.6. The number of carbonyl (C=O) groups is 1. The second-order valence-corrected chi connectivity index (χ2v) is 8.40. The molecule has 0 unspecified atom stereocenters. The molecule has 0 saturated carbocycles. The first-order valence-electron chi connectivity index (χ1n) is 10.3. The third kappa shape index (κ3) is 7.06. The van der Waals surface area contributed by atoms with Crippen molar-refractivity contribution in [2.75, 3.05) is 31.6 Å². The number of nitrogens with zero attached hydrogens (tertiary/aromatic N) is 2. The van der Waals surface area contributed by atoms with Crippen LogP contribution in [0.15, 0.2) is 18.2 Å². The minimum atomic E-state index is 0.159. The Bertz CT molecular complexity index is 649. The lowest BCUT2D eigenvalue weighted by Gasteiger charge is -2.39. The molecule has 1 heterocycles. The second kappa shape index (κ2) is 10.8. The summed E-state index contributed by atoms with van der Waals surface area (Å²) in [6.07, 6.45) is 3.06. The molecule has 2 rings (SSSR count). The van der Waals surface area contributed by atoms with Gasteiger partial charge in [0.1, 0.15) is 0 Å². The lowest BCUT2D eigenvalue weighted by Crippen LogP contribution is -2.50. The van der Waals surface area contributed by atoms with E-state index >= 15 is 0 Å². The number of aryl methyl sites for hydroxylation is 2. The number of thiocarbonyl (C=S) groups is 1. The summed E-state index contributed by atoms with van der Waals surface area (Å²) < 4.78 is 5.71. The molecule has 1 N–H and O–H groups in total. The van der Waals surface area contributed by atoms with Crippen LogP contribution in [-0.2, 0) is 9.53 Å². The fourth-order valence-corrected chi connectivity index (χ4v) is 4.10. The Morgan fingerprint density at radius 1 is 1.25 bits per heavy atom. The highest BCUT2D eigenvalue weighted by Crippen LogP contribution is 2.20. The Kier molecular flexibility index (Phi) is 8.70. The molecule has 1 aromatic carbocycles. The zero-order valence-corrected chi connectivity index (χ0v) is 18.8. The molecule has 0 bridgehead atoms. The maximum atomic E-state index is 11.6. The van der Waals surface area contributed by atoms with Crippen LogP contribution >= 0.6 is 12.2 Å².